The van der Waals surface area contributed by atoms with Gasteiger partial charge < -0.3 is 9.15 Å². The fourth-order valence-electron chi connectivity index (χ4n) is 3.58. The van der Waals surface area contributed by atoms with Gasteiger partial charge in [0.1, 0.15) is 29.4 Å². The zero-order valence-electron chi connectivity index (χ0n) is 14.1. The van der Waals surface area contributed by atoms with Gasteiger partial charge in [0.05, 0.1) is 17.3 Å². The van der Waals surface area contributed by atoms with Crippen LogP contribution in [0.1, 0.15) is 29.2 Å². The Morgan fingerprint density at radius 2 is 2.22 bits per heavy atom. The van der Waals surface area contributed by atoms with E-state index >= 15 is 0 Å². The van der Waals surface area contributed by atoms with E-state index in [-0.39, 0.29) is 11.7 Å². The molecule has 0 unspecified atom stereocenters. The number of oxazole rings is 1. The van der Waals surface area contributed by atoms with Gasteiger partial charge in [0.2, 0.25) is 0 Å². The summed E-state index contributed by atoms with van der Waals surface area (Å²) in [6.45, 7) is 0. The lowest BCUT2D eigenvalue weighted by Gasteiger charge is -2.15. The molecule has 0 radical (unpaired) electrons. The van der Waals surface area contributed by atoms with Crippen LogP contribution < -0.4 is 4.74 Å². The zero-order valence-corrected chi connectivity index (χ0v) is 14.1. The Balaban J connectivity index is 1.49. The average Bonchev–Trinajstić information content (AvgIpc) is 3.41. The summed E-state index contributed by atoms with van der Waals surface area (Å²) in [5, 5.41) is 17.1. The molecule has 0 aliphatic heterocycles. The van der Waals surface area contributed by atoms with E-state index in [9.17, 15) is 4.39 Å². The zero-order chi connectivity index (χ0) is 18.4. The fraction of sp³-hybridized carbons (Fsp3) is 0.150. The number of hydrogen-bond acceptors (Lipinski definition) is 5. The maximum atomic E-state index is 14.4. The minimum absolute atomic E-state index is 0.0749. The summed E-state index contributed by atoms with van der Waals surface area (Å²) >= 11 is 0. The lowest BCUT2D eigenvalue weighted by atomic mass is 10.1. The topological polar surface area (TPSA) is 87.7 Å². The first-order valence-corrected chi connectivity index (χ1v) is 8.49. The molecule has 0 fully saturated rings. The normalized spacial score (nSPS) is 15.6. The molecule has 1 aliphatic carbocycles. The predicted molar refractivity (Wildman–Crippen MR) is 94.4 cm³/mol. The molecule has 0 saturated heterocycles. The number of aromatic nitrogens is 3. The number of rotatable bonds is 3. The Hall–Kier alpha value is -3.66. The molecular formula is C20H13FN4O2. The minimum Gasteiger partial charge on any atom is -0.486 e. The molecule has 132 valence electrons. The third-order valence-electron chi connectivity index (χ3n) is 4.88. The second kappa shape index (κ2) is 5.95. The highest BCUT2D eigenvalue weighted by atomic mass is 19.1. The van der Waals surface area contributed by atoms with Gasteiger partial charge in [-0.15, -0.1) is 0 Å². The van der Waals surface area contributed by atoms with E-state index in [1.807, 2.05) is 24.3 Å². The van der Waals surface area contributed by atoms with Crippen molar-refractivity contribution in [1.29, 1.82) is 5.26 Å². The van der Waals surface area contributed by atoms with Crippen molar-refractivity contribution in [2.75, 3.05) is 0 Å². The summed E-state index contributed by atoms with van der Waals surface area (Å²) in [6.07, 6.45) is 3.93. The van der Waals surface area contributed by atoms with E-state index in [2.05, 4.69) is 15.2 Å². The first-order chi connectivity index (χ1) is 13.2. The molecule has 0 saturated carbocycles. The Bertz CT molecular complexity index is 1190. The van der Waals surface area contributed by atoms with E-state index in [4.69, 9.17) is 14.4 Å². The van der Waals surface area contributed by atoms with Crippen LogP contribution in [0.15, 0.2) is 47.3 Å². The van der Waals surface area contributed by atoms with E-state index in [0.29, 0.717) is 35.6 Å². The fourth-order valence-corrected chi connectivity index (χ4v) is 3.58. The van der Waals surface area contributed by atoms with Crippen LogP contribution in [-0.4, -0.2) is 15.2 Å². The molecule has 1 N–H and O–H groups in total. The third kappa shape index (κ3) is 2.46. The number of halogens is 1. The van der Waals surface area contributed by atoms with Crippen molar-refractivity contribution in [3.63, 3.8) is 0 Å². The van der Waals surface area contributed by atoms with Gasteiger partial charge >= 0.3 is 0 Å². The number of benzene rings is 2. The smallest absolute Gasteiger partial charge is 0.181 e. The van der Waals surface area contributed by atoms with Crippen LogP contribution in [0.5, 0.6) is 5.75 Å². The van der Waals surface area contributed by atoms with Crippen LogP contribution in [0.4, 0.5) is 4.39 Å². The molecule has 1 aliphatic rings. The molecule has 2 aromatic heterocycles. The Morgan fingerprint density at radius 1 is 1.30 bits per heavy atom. The number of fused-ring (bicyclic) bond motifs is 2. The SMILES string of the molecule is N#Cc1ccc2c(c1F)CC[C@@H]2Oc1ccc2[nH]nc(-c3cnco3)c2c1. The lowest BCUT2D eigenvalue weighted by molar-refractivity contribution is 0.208. The van der Waals surface area contributed by atoms with Gasteiger partial charge in [-0.25, -0.2) is 9.37 Å². The Morgan fingerprint density at radius 3 is 3.04 bits per heavy atom. The molecule has 0 spiro atoms. The van der Waals surface area contributed by atoms with Gasteiger partial charge in [-0.1, -0.05) is 6.07 Å². The second-order valence-corrected chi connectivity index (χ2v) is 6.40. The highest BCUT2D eigenvalue weighted by molar-refractivity contribution is 5.92. The molecule has 2 heterocycles. The largest absolute Gasteiger partial charge is 0.486 e. The number of aromatic amines is 1. The quantitative estimate of drug-likeness (QED) is 0.589. The van der Waals surface area contributed by atoms with Crippen molar-refractivity contribution in [3.8, 4) is 23.3 Å². The third-order valence-corrected chi connectivity index (χ3v) is 4.88. The van der Waals surface area contributed by atoms with Crippen LogP contribution in [0.2, 0.25) is 0 Å². The maximum Gasteiger partial charge on any atom is 0.181 e. The van der Waals surface area contributed by atoms with Crippen molar-refractivity contribution < 1.29 is 13.5 Å². The van der Waals surface area contributed by atoms with E-state index in [1.165, 1.54) is 12.5 Å². The van der Waals surface area contributed by atoms with Crippen LogP contribution in [-0.2, 0) is 6.42 Å². The highest BCUT2D eigenvalue weighted by Crippen LogP contribution is 2.38. The second-order valence-electron chi connectivity index (χ2n) is 6.40. The molecule has 0 amide bonds. The average molecular weight is 360 g/mol. The molecule has 0 bridgehead atoms. The van der Waals surface area contributed by atoms with Crippen LogP contribution >= 0.6 is 0 Å². The summed E-state index contributed by atoms with van der Waals surface area (Å²) in [7, 11) is 0. The van der Waals surface area contributed by atoms with Gasteiger partial charge in [-0.3, -0.25) is 5.10 Å². The van der Waals surface area contributed by atoms with Crippen molar-refractivity contribution in [2.45, 2.75) is 18.9 Å². The van der Waals surface area contributed by atoms with Crippen LogP contribution in [0.3, 0.4) is 0 Å². The Kier molecular flexibility index (Phi) is 3.44. The van der Waals surface area contributed by atoms with Crippen molar-refractivity contribution >= 4 is 10.9 Å². The number of ether oxygens (including phenoxy) is 1. The monoisotopic (exact) mass is 360 g/mol. The van der Waals surface area contributed by atoms with Crippen LogP contribution in [0, 0.1) is 17.1 Å². The summed E-state index contributed by atoms with van der Waals surface area (Å²) in [6, 6.07) is 10.8. The van der Waals surface area contributed by atoms with Crippen molar-refractivity contribution in [3.05, 3.63) is 65.4 Å². The molecule has 2 aromatic carbocycles. The molecule has 7 heteroatoms. The van der Waals surface area contributed by atoms with Gasteiger partial charge in [-0.2, -0.15) is 10.4 Å². The maximum absolute atomic E-state index is 14.4. The number of nitrogens with zero attached hydrogens (tertiary/aromatic N) is 3. The van der Waals surface area contributed by atoms with E-state index < -0.39 is 5.82 Å². The summed E-state index contributed by atoms with van der Waals surface area (Å²) in [4.78, 5) is 3.93. The molecular weight excluding hydrogens is 347 g/mol. The van der Waals surface area contributed by atoms with Gasteiger partial charge in [0.25, 0.3) is 0 Å². The first kappa shape index (κ1) is 15.6. The summed E-state index contributed by atoms with van der Waals surface area (Å²) in [5.74, 6) is 0.794. The summed E-state index contributed by atoms with van der Waals surface area (Å²) in [5.41, 5.74) is 2.96. The van der Waals surface area contributed by atoms with E-state index in [1.54, 1.807) is 12.3 Å². The Labute approximate surface area is 153 Å². The predicted octanol–water partition coefficient (Wildman–Crippen LogP) is 4.29. The van der Waals surface area contributed by atoms with Crippen molar-refractivity contribution in [1.82, 2.24) is 15.2 Å². The highest BCUT2D eigenvalue weighted by Gasteiger charge is 2.28. The molecule has 4 aromatic rings. The molecule has 27 heavy (non-hydrogen) atoms. The number of H-pyrrole nitrogens is 1. The number of nitriles is 1. The van der Waals surface area contributed by atoms with Crippen molar-refractivity contribution in [2.24, 2.45) is 0 Å². The lowest BCUT2D eigenvalue weighted by Crippen LogP contribution is -2.04. The van der Waals surface area contributed by atoms with Crippen LogP contribution in [0.25, 0.3) is 22.4 Å². The first-order valence-electron chi connectivity index (χ1n) is 8.49. The number of nitrogens with one attached hydrogen (secondary N) is 1. The molecule has 5 rings (SSSR count). The molecule has 6 nitrogen and oxygen atoms in total. The van der Waals surface area contributed by atoms with Gasteiger partial charge in [0, 0.05) is 5.39 Å². The van der Waals surface area contributed by atoms with Gasteiger partial charge in [0.15, 0.2) is 12.2 Å². The summed E-state index contributed by atoms with van der Waals surface area (Å²) < 4.78 is 25.8. The minimum atomic E-state index is -0.431. The van der Waals surface area contributed by atoms with Gasteiger partial charge in [-0.05, 0) is 48.2 Å². The number of hydrogen-bond donors (Lipinski definition) is 1. The standard InChI is InChI=1S/C20H13FN4O2/c21-19-11(8-22)1-3-13-14(19)4-6-17(13)27-12-2-5-16-15(7-12)20(25-24-16)18-9-23-10-26-18/h1-3,5,7,9-10,17H,4,6H2,(H,24,25)/t17-/m0/s1. The van der Waals surface area contributed by atoms with E-state index in [0.717, 1.165) is 16.5 Å². The molecule has 1 atom stereocenters.